The third-order valence-corrected chi connectivity index (χ3v) is 7.04. The van der Waals surface area contributed by atoms with Crippen LogP contribution in [0.25, 0.3) is 0 Å². The number of nitrogens with zero attached hydrogens (tertiary/aromatic N) is 4. The molecule has 1 saturated carbocycles. The Morgan fingerprint density at radius 2 is 2.04 bits per heavy atom. The topological polar surface area (TPSA) is 97.2 Å². The predicted octanol–water partition coefficient (Wildman–Crippen LogP) is 2.23. The van der Waals surface area contributed by atoms with E-state index in [2.05, 4.69) is 15.5 Å². The first-order valence-electron chi connectivity index (χ1n) is 8.84. The molecule has 1 heterocycles. The third-order valence-electron chi connectivity index (χ3n) is 4.51. The fourth-order valence-corrected chi connectivity index (χ4v) is 4.82. The molecule has 0 spiro atoms. The van der Waals surface area contributed by atoms with E-state index in [0.29, 0.717) is 25.0 Å². The number of aromatic nitrogens is 3. The van der Waals surface area contributed by atoms with Crippen LogP contribution in [0.4, 0.5) is 0 Å². The Bertz CT molecular complexity index is 936. The second-order valence-corrected chi connectivity index (χ2v) is 8.62. The van der Waals surface area contributed by atoms with E-state index in [-0.39, 0.29) is 22.0 Å². The van der Waals surface area contributed by atoms with E-state index in [1.807, 2.05) is 4.57 Å². The normalized spacial score (nSPS) is 14.5. The van der Waals surface area contributed by atoms with Gasteiger partial charge in [0.1, 0.15) is 11.2 Å². The number of carbonyl (C=O) groups is 1. The van der Waals surface area contributed by atoms with Gasteiger partial charge in [-0.05, 0) is 31.0 Å². The van der Waals surface area contributed by atoms with Gasteiger partial charge in [0.15, 0.2) is 5.82 Å². The van der Waals surface area contributed by atoms with Crippen LogP contribution < -0.4 is 5.32 Å². The monoisotopic (exact) mass is 411 g/mol. The lowest BCUT2D eigenvalue weighted by Crippen LogP contribution is -2.31. The zero-order valence-corrected chi connectivity index (χ0v) is 16.8. The number of sulfonamides is 1. The van der Waals surface area contributed by atoms with Crippen molar-refractivity contribution >= 4 is 27.5 Å². The number of hydrogen-bond donors (Lipinski definition) is 1. The van der Waals surface area contributed by atoms with Crippen molar-refractivity contribution in [2.45, 2.75) is 44.2 Å². The van der Waals surface area contributed by atoms with E-state index in [0.717, 1.165) is 12.8 Å². The third kappa shape index (κ3) is 4.15. The lowest BCUT2D eigenvalue weighted by molar-refractivity contribution is 0.0949. The number of benzene rings is 1. The molecule has 0 aliphatic heterocycles. The molecule has 8 nitrogen and oxygen atoms in total. The number of halogens is 1. The zero-order valence-electron chi connectivity index (χ0n) is 15.2. The molecule has 1 aromatic carbocycles. The highest BCUT2D eigenvalue weighted by Gasteiger charge is 2.27. The number of carbonyl (C=O) groups excluding carboxylic acids is 1. The molecule has 2 aromatic rings. The van der Waals surface area contributed by atoms with Crippen LogP contribution in [0.3, 0.4) is 0 Å². The smallest absolute Gasteiger partial charge is 0.251 e. The molecule has 146 valence electrons. The second kappa shape index (κ2) is 7.95. The average Bonchev–Trinajstić information content (AvgIpc) is 3.38. The van der Waals surface area contributed by atoms with Gasteiger partial charge in [-0.25, -0.2) is 8.42 Å². The molecule has 10 heteroatoms. The van der Waals surface area contributed by atoms with E-state index >= 15 is 0 Å². The quantitative estimate of drug-likeness (QED) is 0.718. The van der Waals surface area contributed by atoms with Crippen LogP contribution in [0.15, 0.2) is 29.4 Å². The van der Waals surface area contributed by atoms with Crippen molar-refractivity contribution in [1.29, 1.82) is 0 Å². The molecular formula is C17H22ClN5O3S. The van der Waals surface area contributed by atoms with Gasteiger partial charge in [-0.15, -0.1) is 10.2 Å². The first kappa shape index (κ1) is 19.8. The number of amides is 1. The van der Waals surface area contributed by atoms with Gasteiger partial charge < -0.3 is 9.88 Å². The van der Waals surface area contributed by atoms with E-state index in [1.165, 1.54) is 22.5 Å². The Labute approximate surface area is 163 Å². The first-order valence-corrected chi connectivity index (χ1v) is 10.7. The highest BCUT2D eigenvalue weighted by atomic mass is 35.5. The lowest BCUT2D eigenvalue weighted by Gasteiger charge is -2.19. The van der Waals surface area contributed by atoms with Crippen LogP contribution in [-0.2, 0) is 16.6 Å². The van der Waals surface area contributed by atoms with Crippen molar-refractivity contribution in [3.05, 3.63) is 40.9 Å². The predicted molar refractivity (Wildman–Crippen MR) is 101 cm³/mol. The molecule has 0 radical (unpaired) electrons. The summed E-state index contributed by atoms with van der Waals surface area (Å²) in [6.07, 6.45) is 3.84. The van der Waals surface area contributed by atoms with Gasteiger partial charge in [0.25, 0.3) is 5.91 Å². The standard InChI is InChI=1S/C17H22ClN5O3S/c1-3-22(4-2)27(25,26)15-9-12(5-8-14(15)18)17(24)19-10-16-21-20-11-23(16)13-6-7-13/h5,8-9,11,13H,3-4,6-7,10H2,1-2H3,(H,19,24). The summed E-state index contributed by atoms with van der Waals surface area (Å²) >= 11 is 6.11. The molecule has 1 aliphatic rings. The van der Waals surface area contributed by atoms with Crippen LogP contribution >= 0.6 is 11.6 Å². The Balaban J connectivity index is 1.78. The minimum atomic E-state index is -3.76. The zero-order chi connectivity index (χ0) is 19.6. The molecule has 3 rings (SSSR count). The van der Waals surface area contributed by atoms with Crippen molar-refractivity contribution in [3.63, 3.8) is 0 Å². The van der Waals surface area contributed by atoms with Crippen LogP contribution in [0, 0.1) is 0 Å². The summed E-state index contributed by atoms with van der Waals surface area (Å²) in [5.74, 6) is 0.281. The first-order chi connectivity index (χ1) is 12.9. The Kier molecular flexibility index (Phi) is 5.83. The Morgan fingerprint density at radius 1 is 1.33 bits per heavy atom. The molecule has 0 bridgehead atoms. The SMILES string of the molecule is CCN(CC)S(=O)(=O)c1cc(C(=O)NCc2nncn2C2CC2)ccc1Cl. The molecule has 0 saturated heterocycles. The van der Waals surface area contributed by atoms with Crippen LogP contribution in [0.5, 0.6) is 0 Å². The van der Waals surface area contributed by atoms with Gasteiger partial charge in [-0.3, -0.25) is 4.79 Å². The Hall–Kier alpha value is -1.97. The molecule has 1 aromatic heterocycles. The number of rotatable bonds is 8. The molecule has 0 atom stereocenters. The highest BCUT2D eigenvalue weighted by molar-refractivity contribution is 7.89. The Morgan fingerprint density at radius 3 is 2.67 bits per heavy atom. The summed E-state index contributed by atoms with van der Waals surface area (Å²) in [5, 5.41) is 10.8. The van der Waals surface area contributed by atoms with Gasteiger partial charge in [0.05, 0.1) is 11.6 Å². The van der Waals surface area contributed by atoms with Gasteiger partial charge in [0.2, 0.25) is 10.0 Å². The van der Waals surface area contributed by atoms with Gasteiger partial charge >= 0.3 is 0 Å². The van der Waals surface area contributed by atoms with Crippen molar-refractivity contribution < 1.29 is 13.2 Å². The molecule has 1 aliphatic carbocycles. The maximum atomic E-state index is 12.7. The summed E-state index contributed by atoms with van der Waals surface area (Å²) in [4.78, 5) is 12.4. The molecule has 1 fully saturated rings. The summed E-state index contributed by atoms with van der Waals surface area (Å²) in [5.41, 5.74) is 0.225. The molecule has 27 heavy (non-hydrogen) atoms. The van der Waals surface area contributed by atoms with Crippen LogP contribution in [-0.4, -0.2) is 46.5 Å². The lowest BCUT2D eigenvalue weighted by atomic mass is 10.2. The molecule has 1 amide bonds. The van der Waals surface area contributed by atoms with Crippen LogP contribution in [0.1, 0.15) is 48.9 Å². The van der Waals surface area contributed by atoms with Gasteiger partial charge in [-0.1, -0.05) is 25.4 Å². The van der Waals surface area contributed by atoms with E-state index < -0.39 is 15.9 Å². The molecule has 0 unspecified atom stereocenters. The minimum absolute atomic E-state index is 0.0679. The average molecular weight is 412 g/mol. The van der Waals surface area contributed by atoms with Crippen molar-refractivity contribution in [3.8, 4) is 0 Å². The van der Waals surface area contributed by atoms with Crippen LogP contribution in [0.2, 0.25) is 5.02 Å². The minimum Gasteiger partial charge on any atom is -0.345 e. The fourth-order valence-electron chi connectivity index (χ4n) is 2.86. The fraction of sp³-hybridized carbons (Fsp3) is 0.471. The highest BCUT2D eigenvalue weighted by Crippen LogP contribution is 2.35. The summed E-state index contributed by atoms with van der Waals surface area (Å²) < 4.78 is 28.8. The number of hydrogen-bond acceptors (Lipinski definition) is 5. The number of nitrogens with one attached hydrogen (secondary N) is 1. The maximum absolute atomic E-state index is 12.7. The maximum Gasteiger partial charge on any atom is 0.251 e. The van der Waals surface area contributed by atoms with Gasteiger partial charge in [-0.2, -0.15) is 4.31 Å². The molecular weight excluding hydrogens is 390 g/mol. The van der Waals surface area contributed by atoms with Crippen molar-refractivity contribution in [2.75, 3.05) is 13.1 Å². The summed E-state index contributed by atoms with van der Waals surface area (Å²) in [7, 11) is -3.76. The largest absolute Gasteiger partial charge is 0.345 e. The van der Waals surface area contributed by atoms with Crippen molar-refractivity contribution in [1.82, 2.24) is 24.4 Å². The molecule has 1 N–H and O–H groups in total. The summed E-state index contributed by atoms with van der Waals surface area (Å²) in [6, 6.07) is 4.66. The van der Waals surface area contributed by atoms with Gasteiger partial charge in [0, 0.05) is 24.7 Å². The second-order valence-electron chi connectivity index (χ2n) is 6.30. The van der Waals surface area contributed by atoms with E-state index in [1.54, 1.807) is 20.2 Å². The van der Waals surface area contributed by atoms with Crippen molar-refractivity contribution in [2.24, 2.45) is 0 Å². The van der Waals surface area contributed by atoms with E-state index in [4.69, 9.17) is 11.6 Å². The van der Waals surface area contributed by atoms with E-state index in [9.17, 15) is 13.2 Å². The summed E-state index contributed by atoms with van der Waals surface area (Å²) in [6.45, 7) is 4.37.